The highest BCUT2D eigenvalue weighted by molar-refractivity contribution is 5.86. The number of hydrogen-bond donors (Lipinski definition) is 1. The van der Waals surface area contributed by atoms with Gasteiger partial charge in [0.15, 0.2) is 5.60 Å². The van der Waals surface area contributed by atoms with Gasteiger partial charge in [-0.3, -0.25) is 14.8 Å². The van der Waals surface area contributed by atoms with Crippen LogP contribution in [-0.4, -0.2) is 46.0 Å². The molecule has 1 amide bonds. The number of carbonyl (C=O) groups is 1. The third kappa shape index (κ3) is 4.22. The Morgan fingerprint density at radius 1 is 1.14 bits per heavy atom. The number of hydrogen-bond acceptors (Lipinski definition) is 5. The van der Waals surface area contributed by atoms with Crippen molar-refractivity contribution in [1.82, 2.24) is 20.2 Å². The second-order valence-electron chi connectivity index (χ2n) is 7.38. The molecule has 1 N–H and O–H groups in total. The van der Waals surface area contributed by atoms with Gasteiger partial charge in [-0.15, -0.1) is 0 Å². The number of pyridine rings is 2. The highest BCUT2D eigenvalue weighted by Crippen LogP contribution is 2.31. The fraction of sp³-hybridized carbons (Fsp3) is 0.348. The van der Waals surface area contributed by atoms with Crippen LogP contribution >= 0.6 is 0 Å². The minimum Gasteiger partial charge on any atom is -0.477 e. The molecular weight excluding hydrogens is 364 g/mol. The van der Waals surface area contributed by atoms with Crippen molar-refractivity contribution in [2.24, 2.45) is 0 Å². The fourth-order valence-electron chi connectivity index (χ4n) is 3.86. The molecule has 6 heteroatoms. The molecule has 1 aliphatic rings. The van der Waals surface area contributed by atoms with Gasteiger partial charge in [0.2, 0.25) is 0 Å². The van der Waals surface area contributed by atoms with Crippen LogP contribution in [-0.2, 0) is 11.3 Å². The zero-order valence-electron chi connectivity index (χ0n) is 16.7. The number of benzene rings is 1. The molecular formula is C23H26N4O2. The molecule has 150 valence electrons. The minimum atomic E-state index is -0.857. The van der Waals surface area contributed by atoms with Gasteiger partial charge >= 0.3 is 0 Å². The maximum absolute atomic E-state index is 13.7. The molecule has 1 saturated heterocycles. The van der Waals surface area contributed by atoms with Crippen molar-refractivity contribution in [3.05, 3.63) is 66.6 Å². The lowest BCUT2D eigenvalue weighted by Gasteiger charge is -2.40. The maximum atomic E-state index is 13.7. The second kappa shape index (κ2) is 8.57. The van der Waals surface area contributed by atoms with Crippen LogP contribution in [0.3, 0.4) is 0 Å². The predicted octanol–water partition coefficient (Wildman–Crippen LogP) is 3.18. The first-order valence-corrected chi connectivity index (χ1v) is 10.1. The Balaban J connectivity index is 1.61. The molecule has 3 heterocycles. The van der Waals surface area contributed by atoms with Crippen LogP contribution in [0.4, 0.5) is 0 Å². The lowest BCUT2D eigenvalue weighted by molar-refractivity contribution is -0.151. The van der Waals surface area contributed by atoms with Crippen molar-refractivity contribution in [2.45, 2.75) is 31.9 Å². The number of aromatic nitrogens is 2. The SMILES string of the molecule is CCN(Cc1ccncc1)C(=O)C1(Oc2ccc3ncccc3c2)CCNCC1. The van der Waals surface area contributed by atoms with E-state index in [1.807, 2.05) is 54.3 Å². The summed E-state index contributed by atoms with van der Waals surface area (Å²) < 4.78 is 6.46. The molecule has 1 aromatic carbocycles. The van der Waals surface area contributed by atoms with E-state index in [2.05, 4.69) is 15.3 Å². The largest absolute Gasteiger partial charge is 0.477 e. The summed E-state index contributed by atoms with van der Waals surface area (Å²) in [5, 5.41) is 4.35. The number of amides is 1. The number of piperidine rings is 1. The quantitative estimate of drug-likeness (QED) is 0.700. The van der Waals surface area contributed by atoms with Gasteiger partial charge in [-0.25, -0.2) is 0 Å². The molecule has 1 fully saturated rings. The van der Waals surface area contributed by atoms with Gasteiger partial charge in [0.1, 0.15) is 5.75 Å². The summed E-state index contributed by atoms with van der Waals surface area (Å²) in [6.07, 6.45) is 6.58. The number of rotatable bonds is 6. The van der Waals surface area contributed by atoms with Crippen molar-refractivity contribution in [1.29, 1.82) is 0 Å². The van der Waals surface area contributed by atoms with E-state index in [4.69, 9.17) is 4.74 Å². The van der Waals surface area contributed by atoms with Crippen LogP contribution in [0, 0.1) is 0 Å². The van der Waals surface area contributed by atoms with E-state index >= 15 is 0 Å². The van der Waals surface area contributed by atoms with Crippen LogP contribution < -0.4 is 10.1 Å². The van der Waals surface area contributed by atoms with Crippen molar-refractivity contribution in [2.75, 3.05) is 19.6 Å². The van der Waals surface area contributed by atoms with Gasteiger partial charge in [-0.2, -0.15) is 0 Å². The summed E-state index contributed by atoms with van der Waals surface area (Å²) in [6, 6.07) is 13.6. The summed E-state index contributed by atoms with van der Waals surface area (Å²) in [7, 11) is 0. The second-order valence-corrected chi connectivity index (χ2v) is 7.38. The number of nitrogens with zero attached hydrogens (tertiary/aromatic N) is 3. The van der Waals surface area contributed by atoms with Crippen molar-refractivity contribution < 1.29 is 9.53 Å². The van der Waals surface area contributed by atoms with E-state index in [1.54, 1.807) is 18.6 Å². The molecule has 0 radical (unpaired) electrons. The first kappa shape index (κ1) is 19.3. The summed E-state index contributed by atoms with van der Waals surface area (Å²) in [5.41, 5.74) is 1.12. The lowest BCUT2D eigenvalue weighted by atomic mass is 9.90. The average Bonchev–Trinajstić information content (AvgIpc) is 2.78. The molecule has 3 aromatic rings. The Hall–Kier alpha value is -2.99. The molecule has 0 unspecified atom stereocenters. The van der Waals surface area contributed by atoms with Crippen LogP contribution in [0.5, 0.6) is 5.75 Å². The molecule has 0 saturated carbocycles. The van der Waals surface area contributed by atoms with Crippen molar-refractivity contribution in [3.63, 3.8) is 0 Å². The Labute approximate surface area is 170 Å². The third-order valence-corrected chi connectivity index (χ3v) is 5.48. The molecule has 2 aromatic heterocycles. The number of carbonyl (C=O) groups excluding carboxylic acids is 1. The smallest absolute Gasteiger partial charge is 0.267 e. The van der Waals surface area contributed by atoms with E-state index < -0.39 is 5.60 Å². The normalized spacial score (nSPS) is 15.8. The van der Waals surface area contributed by atoms with E-state index in [9.17, 15) is 4.79 Å². The van der Waals surface area contributed by atoms with Crippen LogP contribution in [0.15, 0.2) is 61.1 Å². The van der Waals surface area contributed by atoms with Gasteiger partial charge in [0.25, 0.3) is 5.91 Å². The van der Waals surface area contributed by atoms with Gasteiger partial charge in [-0.05, 0) is 62.0 Å². The van der Waals surface area contributed by atoms with Gasteiger partial charge < -0.3 is 15.0 Å². The zero-order valence-corrected chi connectivity index (χ0v) is 16.7. The Morgan fingerprint density at radius 3 is 2.69 bits per heavy atom. The van der Waals surface area contributed by atoms with Crippen LogP contribution in [0.2, 0.25) is 0 Å². The molecule has 29 heavy (non-hydrogen) atoms. The lowest BCUT2D eigenvalue weighted by Crippen LogP contribution is -2.57. The third-order valence-electron chi connectivity index (χ3n) is 5.48. The fourth-order valence-corrected chi connectivity index (χ4v) is 3.86. The number of fused-ring (bicyclic) bond motifs is 1. The van der Waals surface area contributed by atoms with E-state index in [-0.39, 0.29) is 5.91 Å². The first-order chi connectivity index (χ1) is 14.2. The maximum Gasteiger partial charge on any atom is 0.267 e. The topological polar surface area (TPSA) is 67.4 Å². The van der Waals surface area contributed by atoms with Crippen molar-refractivity contribution in [3.8, 4) is 5.75 Å². The molecule has 0 spiro atoms. The predicted molar refractivity (Wildman–Crippen MR) is 113 cm³/mol. The molecule has 0 bridgehead atoms. The van der Waals surface area contributed by atoms with Gasteiger partial charge in [0.05, 0.1) is 5.52 Å². The highest BCUT2D eigenvalue weighted by atomic mass is 16.5. The molecule has 0 aliphatic carbocycles. The summed E-state index contributed by atoms with van der Waals surface area (Å²) in [4.78, 5) is 24.0. The zero-order chi connectivity index (χ0) is 20.1. The monoisotopic (exact) mass is 390 g/mol. The molecule has 0 atom stereocenters. The van der Waals surface area contributed by atoms with Crippen molar-refractivity contribution >= 4 is 16.8 Å². The number of ether oxygens (including phenoxy) is 1. The van der Waals surface area contributed by atoms with E-state index in [0.717, 1.165) is 29.6 Å². The van der Waals surface area contributed by atoms with E-state index in [0.29, 0.717) is 31.7 Å². The molecule has 6 nitrogen and oxygen atoms in total. The standard InChI is InChI=1S/C23H26N4O2/c1-2-27(17-18-7-12-24-13-8-18)22(28)23(9-14-25-15-10-23)29-20-5-6-21-19(16-20)4-3-11-26-21/h3-8,11-13,16,25H,2,9-10,14-15,17H2,1H3. The first-order valence-electron chi connectivity index (χ1n) is 10.1. The Morgan fingerprint density at radius 2 is 1.93 bits per heavy atom. The number of likely N-dealkylation sites (N-methyl/N-ethyl adjacent to an activating group) is 1. The summed E-state index contributed by atoms with van der Waals surface area (Å²) in [5.74, 6) is 0.755. The molecule has 1 aliphatic heterocycles. The van der Waals surface area contributed by atoms with E-state index in [1.165, 1.54) is 0 Å². The Kier molecular flexibility index (Phi) is 5.71. The van der Waals surface area contributed by atoms with Crippen LogP contribution in [0.1, 0.15) is 25.3 Å². The number of nitrogens with one attached hydrogen (secondary N) is 1. The minimum absolute atomic E-state index is 0.0459. The van der Waals surface area contributed by atoms with Gasteiger partial charge in [0, 0.05) is 49.9 Å². The van der Waals surface area contributed by atoms with Crippen LogP contribution in [0.25, 0.3) is 10.9 Å². The average molecular weight is 390 g/mol. The Bertz CT molecular complexity index is 971. The van der Waals surface area contributed by atoms with Gasteiger partial charge in [-0.1, -0.05) is 6.07 Å². The summed E-state index contributed by atoms with van der Waals surface area (Å²) in [6.45, 7) is 4.70. The summed E-state index contributed by atoms with van der Waals surface area (Å²) >= 11 is 0. The highest BCUT2D eigenvalue weighted by Gasteiger charge is 2.44. The molecule has 4 rings (SSSR count).